The van der Waals surface area contributed by atoms with Gasteiger partial charge in [0.05, 0.1) is 0 Å². The molecule has 0 radical (unpaired) electrons. The molecular formula is C28H24N4O3. The number of carbonyl (C=O) groups is 1. The number of aromatic nitrogens is 2. The van der Waals surface area contributed by atoms with E-state index in [1.54, 1.807) is 30.5 Å². The molecule has 4 rings (SSSR count). The Morgan fingerprint density at radius 2 is 1.86 bits per heavy atom. The van der Waals surface area contributed by atoms with Gasteiger partial charge in [0, 0.05) is 11.9 Å². The SMILES string of the molecule is Cc1ccc(C)c(NC(=O)/C(C#N)=C\c2c(Oc3cccc(C)c3C)nc3ccccn3c2=O)c1. The maximum Gasteiger partial charge on any atom is 0.269 e. The lowest BCUT2D eigenvalue weighted by Crippen LogP contribution is -2.20. The van der Waals surface area contributed by atoms with Gasteiger partial charge >= 0.3 is 0 Å². The molecule has 2 heterocycles. The Balaban J connectivity index is 1.83. The molecule has 0 aliphatic heterocycles. The van der Waals surface area contributed by atoms with Gasteiger partial charge in [0.25, 0.3) is 11.5 Å². The molecule has 0 atom stereocenters. The van der Waals surface area contributed by atoms with Crippen LogP contribution in [-0.4, -0.2) is 15.3 Å². The summed E-state index contributed by atoms with van der Waals surface area (Å²) in [5, 5.41) is 12.5. The van der Waals surface area contributed by atoms with E-state index in [1.165, 1.54) is 10.5 Å². The van der Waals surface area contributed by atoms with Crippen LogP contribution in [0.1, 0.15) is 27.8 Å². The van der Waals surface area contributed by atoms with Crippen molar-refractivity contribution >= 4 is 23.3 Å². The Morgan fingerprint density at radius 3 is 2.63 bits per heavy atom. The fourth-order valence-electron chi connectivity index (χ4n) is 3.58. The number of benzene rings is 2. The van der Waals surface area contributed by atoms with Crippen molar-refractivity contribution in [3.8, 4) is 17.7 Å². The van der Waals surface area contributed by atoms with Crippen molar-refractivity contribution in [3.63, 3.8) is 0 Å². The monoisotopic (exact) mass is 464 g/mol. The molecule has 174 valence electrons. The van der Waals surface area contributed by atoms with Crippen molar-refractivity contribution in [1.82, 2.24) is 9.38 Å². The third kappa shape index (κ3) is 4.82. The zero-order valence-electron chi connectivity index (χ0n) is 19.9. The number of anilines is 1. The van der Waals surface area contributed by atoms with Crippen LogP contribution in [0, 0.1) is 39.0 Å². The lowest BCUT2D eigenvalue weighted by atomic mass is 10.1. The number of hydrogen-bond donors (Lipinski definition) is 1. The summed E-state index contributed by atoms with van der Waals surface area (Å²) in [5.74, 6) is -0.0798. The maximum absolute atomic E-state index is 13.4. The van der Waals surface area contributed by atoms with Crippen molar-refractivity contribution in [1.29, 1.82) is 5.26 Å². The first kappa shape index (κ1) is 23.5. The second-order valence-corrected chi connectivity index (χ2v) is 8.31. The largest absolute Gasteiger partial charge is 0.438 e. The Kier molecular flexibility index (Phi) is 6.47. The fraction of sp³-hybridized carbons (Fsp3) is 0.143. The third-order valence-electron chi connectivity index (χ3n) is 5.79. The van der Waals surface area contributed by atoms with E-state index in [0.717, 1.165) is 22.3 Å². The first-order valence-corrected chi connectivity index (χ1v) is 11.0. The predicted molar refractivity (Wildman–Crippen MR) is 136 cm³/mol. The number of aryl methyl sites for hydroxylation is 3. The second-order valence-electron chi connectivity index (χ2n) is 8.31. The molecule has 7 heteroatoms. The van der Waals surface area contributed by atoms with Gasteiger partial charge in [-0.2, -0.15) is 10.2 Å². The molecule has 2 aromatic carbocycles. The van der Waals surface area contributed by atoms with E-state index in [2.05, 4.69) is 10.3 Å². The van der Waals surface area contributed by atoms with Crippen LogP contribution >= 0.6 is 0 Å². The van der Waals surface area contributed by atoms with Crippen LogP contribution in [0.5, 0.6) is 11.6 Å². The predicted octanol–water partition coefficient (Wildman–Crippen LogP) is 5.27. The van der Waals surface area contributed by atoms with Crippen LogP contribution < -0.4 is 15.6 Å². The second kappa shape index (κ2) is 9.65. The van der Waals surface area contributed by atoms with E-state index in [4.69, 9.17) is 4.74 Å². The summed E-state index contributed by atoms with van der Waals surface area (Å²) in [5.41, 5.74) is 4.01. The quantitative estimate of drug-likeness (QED) is 0.321. The fourth-order valence-corrected chi connectivity index (χ4v) is 3.58. The molecule has 0 aliphatic rings. The third-order valence-corrected chi connectivity index (χ3v) is 5.79. The first-order valence-electron chi connectivity index (χ1n) is 11.0. The minimum absolute atomic E-state index is 0.00210. The Labute approximate surface area is 203 Å². The zero-order chi connectivity index (χ0) is 25.1. The lowest BCUT2D eigenvalue weighted by molar-refractivity contribution is -0.112. The molecule has 0 saturated carbocycles. The van der Waals surface area contributed by atoms with E-state index in [1.807, 2.05) is 64.1 Å². The summed E-state index contributed by atoms with van der Waals surface area (Å²) in [6, 6.07) is 18.3. The number of amides is 1. The highest BCUT2D eigenvalue weighted by Crippen LogP contribution is 2.28. The van der Waals surface area contributed by atoms with Gasteiger partial charge in [-0.15, -0.1) is 0 Å². The molecule has 4 aromatic rings. The van der Waals surface area contributed by atoms with Crippen LogP contribution in [-0.2, 0) is 4.79 Å². The summed E-state index contributed by atoms with van der Waals surface area (Å²) in [6.07, 6.45) is 2.81. The van der Waals surface area contributed by atoms with Gasteiger partial charge < -0.3 is 10.1 Å². The Bertz CT molecular complexity index is 1590. The van der Waals surface area contributed by atoms with E-state index in [-0.39, 0.29) is 17.0 Å². The van der Waals surface area contributed by atoms with Crippen LogP contribution in [0.4, 0.5) is 5.69 Å². The minimum atomic E-state index is -0.628. The van der Waals surface area contributed by atoms with E-state index >= 15 is 0 Å². The summed E-state index contributed by atoms with van der Waals surface area (Å²) in [6.45, 7) is 7.64. The molecule has 0 aliphatic carbocycles. The summed E-state index contributed by atoms with van der Waals surface area (Å²) < 4.78 is 7.42. The molecule has 7 nitrogen and oxygen atoms in total. The van der Waals surface area contributed by atoms with Gasteiger partial charge in [0.2, 0.25) is 5.88 Å². The topological polar surface area (TPSA) is 96.5 Å². The molecule has 2 aromatic heterocycles. The summed E-state index contributed by atoms with van der Waals surface area (Å²) in [7, 11) is 0. The molecule has 0 saturated heterocycles. The molecule has 35 heavy (non-hydrogen) atoms. The number of carbonyl (C=O) groups excluding carboxylic acids is 1. The smallest absolute Gasteiger partial charge is 0.269 e. The van der Waals surface area contributed by atoms with Gasteiger partial charge in [0.1, 0.15) is 28.6 Å². The first-order chi connectivity index (χ1) is 16.8. The molecule has 0 spiro atoms. The average molecular weight is 465 g/mol. The molecule has 0 unspecified atom stereocenters. The Hall–Kier alpha value is -4.70. The average Bonchev–Trinajstić information content (AvgIpc) is 2.84. The van der Waals surface area contributed by atoms with Crippen molar-refractivity contribution in [3.05, 3.63) is 105 Å². The van der Waals surface area contributed by atoms with Gasteiger partial charge in [-0.25, -0.2) is 0 Å². The van der Waals surface area contributed by atoms with E-state index in [0.29, 0.717) is 17.1 Å². The molecule has 1 N–H and O–H groups in total. The standard InChI is InChI=1S/C28H24N4O3/c1-17-11-12-19(3)23(14-17)30-26(33)21(16-29)15-22-27(35-24-9-7-8-18(2)20(24)4)31-25-10-5-6-13-32(25)28(22)34/h5-15H,1-4H3,(H,30,33)/b21-15-. The number of nitriles is 1. The molecule has 1 amide bonds. The van der Waals surface area contributed by atoms with E-state index in [9.17, 15) is 14.9 Å². The summed E-state index contributed by atoms with van der Waals surface area (Å²) >= 11 is 0. The molecular weight excluding hydrogens is 440 g/mol. The van der Waals surface area contributed by atoms with Gasteiger partial charge in [-0.1, -0.05) is 30.3 Å². The molecule has 0 fully saturated rings. The normalized spacial score (nSPS) is 11.2. The molecule has 0 bridgehead atoms. The van der Waals surface area contributed by atoms with Crippen molar-refractivity contribution < 1.29 is 9.53 Å². The highest BCUT2D eigenvalue weighted by molar-refractivity contribution is 6.10. The number of pyridine rings is 1. The summed E-state index contributed by atoms with van der Waals surface area (Å²) in [4.78, 5) is 30.9. The lowest BCUT2D eigenvalue weighted by Gasteiger charge is -2.13. The number of rotatable bonds is 5. The number of ether oxygens (including phenoxy) is 1. The number of fused-ring (bicyclic) bond motifs is 1. The van der Waals surface area contributed by atoms with Crippen molar-refractivity contribution in [2.24, 2.45) is 0 Å². The van der Waals surface area contributed by atoms with Gasteiger partial charge in [-0.3, -0.25) is 14.0 Å². The maximum atomic E-state index is 13.4. The highest BCUT2D eigenvalue weighted by Gasteiger charge is 2.18. The van der Waals surface area contributed by atoms with Crippen LogP contribution in [0.3, 0.4) is 0 Å². The van der Waals surface area contributed by atoms with Crippen LogP contribution in [0.15, 0.2) is 71.2 Å². The van der Waals surface area contributed by atoms with Gasteiger partial charge in [-0.05, 0) is 80.3 Å². The zero-order valence-corrected chi connectivity index (χ0v) is 19.9. The van der Waals surface area contributed by atoms with Gasteiger partial charge in [0.15, 0.2) is 0 Å². The minimum Gasteiger partial charge on any atom is -0.438 e. The van der Waals surface area contributed by atoms with Crippen LogP contribution in [0.25, 0.3) is 11.7 Å². The number of nitrogens with zero attached hydrogens (tertiary/aromatic N) is 3. The highest BCUT2D eigenvalue weighted by atomic mass is 16.5. The van der Waals surface area contributed by atoms with Crippen molar-refractivity contribution in [2.45, 2.75) is 27.7 Å². The number of nitrogens with one attached hydrogen (secondary N) is 1. The van der Waals surface area contributed by atoms with E-state index < -0.39 is 11.5 Å². The van der Waals surface area contributed by atoms with Crippen molar-refractivity contribution in [2.75, 3.05) is 5.32 Å². The number of hydrogen-bond acceptors (Lipinski definition) is 5. The van der Waals surface area contributed by atoms with Crippen LogP contribution in [0.2, 0.25) is 0 Å². The Morgan fingerprint density at radius 1 is 1.06 bits per heavy atom.